The van der Waals surface area contributed by atoms with E-state index in [0.717, 1.165) is 29.3 Å². The van der Waals surface area contributed by atoms with E-state index in [4.69, 9.17) is 9.47 Å². The summed E-state index contributed by atoms with van der Waals surface area (Å²) in [5.74, 6) is 1.63. The molecule has 0 saturated heterocycles. The van der Waals surface area contributed by atoms with Crippen LogP contribution < -0.4 is 14.8 Å². The van der Waals surface area contributed by atoms with E-state index in [1.165, 1.54) is 0 Å². The Hall–Kier alpha value is -2.08. The van der Waals surface area contributed by atoms with E-state index in [1.807, 2.05) is 31.4 Å². The second-order valence-corrected chi connectivity index (χ2v) is 4.17. The zero-order valence-electron chi connectivity index (χ0n) is 10.1. The Balaban J connectivity index is 1.57. The fourth-order valence-electron chi connectivity index (χ4n) is 1.86. The predicted molar refractivity (Wildman–Crippen MR) is 64.1 cm³/mol. The second-order valence-electron chi connectivity index (χ2n) is 4.17. The topological polar surface area (TPSA) is 61.2 Å². The van der Waals surface area contributed by atoms with Crippen LogP contribution in [-0.4, -0.2) is 21.8 Å². The molecule has 94 valence electrons. The SMILES string of the molecule is Cn1cc(CNCc2ccc3c(c2)OCO3)nn1. The molecule has 1 aromatic carbocycles. The van der Waals surface area contributed by atoms with Gasteiger partial charge in [-0.25, -0.2) is 0 Å². The molecule has 1 aliphatic heterocycles. The average Bonchev–Trinajstić information content (AvgIpc) is 2.97. The molecule has 0 saturated carbocycles. The molecule has 3 rings (SSSR count). The van der Waals surface area contributed by atoms with Gasteiger partial charge in [-0.3, -0.25) is 4.68 Å². The van der Waals surface area contributed by atoms with Gasteiger partial charge in [0.1, 0.15) is 0 Å². The number of hydrogen-bond donors (Lipinski definition) is 1. The molecular formula is C12H14N4O2. The van der Waals surface area contributed by atoms with Gasteiger partial charge in [0.2, 0.25) is 6.79 Å². The van der Waals surface area contributed by atoms with Gasteiger partial charge in [-0.1, -0.05) is 11.3 Å². The van der Waals surface area contributed by atoms with Gasteiger partial charge in [-0.15, -0.1) is 5.10 Å². The van der Waals surface area contributed by atoms with Gasteiger partial charge in [-0.2, -0.15) is 0 Å². The minimum Gasteiger partial charge on any atom is -0.454 e. The Morgan fingerprint density at radius 1 is 1.28 bits per heavy atom. The normalized spacial score (nSPS) is 12.9. The Morgan fingerprint density at radius 2 is 2.17 bits per heavy atom. The number of aromatic nitrogens is 3. The number of benzene rings is 1. The molecule has 0 aliphatic carbocycles. The highest BCUT2D eigenvalue weighted by atomic mass is 16.7. The lowest BCUT2D eigenvalue weighted by molar-refractivity contribution is 0.174. The zero-order chi connectivity index (χ0) is 12.4. The summed E-state index contributed by atoms with van der Waals surface area (Å²) in [5, 5.41) is 11.2. The van der Waals surface area contributed by atoms with Crippen LogP contribution in [0.3, 0.4) is 0 Å². The first-order chi connectivity index (χ1) is 8.81. The van der Waals surface area contributed by atoms with Crippen molar-refractivity contribution in [3.63, 3.8) is 0 Å². The molecule has 0 spiro atoms. The summed E-state index contributed by atoms with van der Waals surface area (Å²) in [4.78, 5) is 0. The summed E-state index contributed by atoms with van der Waals surface area (Å²) in [7, 11) is 1.86. The molecule has 2 aromatic rings. The van der Waals surface area contributed by atoms with Crippen molar-refractivity contribution in [1.82, 2.24) is 20.3 Å². The lowest BCUT2D eigenvalue weighted by Gasteiger charge is -2.04. The standard InChI is InChI=1S/C12H14N4O2/c1-16-7-10(14-15-16)6-13-5-9-2-3-11-12(4-9)18-8-17-11/h2-4,7,13H,5-6,8H2,1H3. The number of ether oxygens (including phenoxy) is 2. The summed E-state index contributed by atoms with van der Waals surface area (Å²) in [6, 6.07) is 5.95. The molecule has 18 heavy (non-hydrogen) atoms. The number of nitrogens with one attached hydrogen (secondary N) is 1. The highest BCUT2D eigenvalue weighted by Crippen LogP contribution is 2.32. The minimum absolute atomic E-state index is 0.311. The van der Waals surface area contributed by atoms with Crippen molar-refractivity contribution in [2.45, 2.75) is 13.1 Å². The van der Waals surface area contributed by atoms with Crippen molar-refractivity contribution in [2.24, 2.45) is 7.05 Å². The fourth-order valence-corrected chi connectivity index (χ4v) is 1.86. The van der Waals surface area contributed by atoms with E-state index in [2.05, 4.69) is 15.6 Å². The van der Waals surface area contributed by atoms with Crippen LogP contribution in [0, 0.1) is 0 Å². The summed E-state index contributed by atoms with van der Waals surface area (Å²) in [6.45, 7) is 1.77. The van der Waals surface area contributed by atoms with Crippen LogP contribution in [0.5, 0.6) is 11.5 Å². The van der Waals surface area contributed by atoms with E-state index < -0.39 is 0 Å². The third kappa shape index (κ3) is 2.28. The Bertz CT molecular complexity index is 553. The van der Waals surface area contributed by atoms with Crippen LogP contribution in [0.2, 0.25) is 0 Å². The van der Waals surface area contributed by atoms with Crippen LogP contribution in [0.1, 0.15) is 11.3 Å². The predicted octanol–water partition coefficient (Wildman–Crippen LogP) is 0.834. The van der Waals surface area contributed by atoms with Gasteiger partial charge >= 0.3 is 0 Å². The van der Waals surface area contributed by atoms with Crippen LogP contribution in [0.15, 0.2) is 24.4 Å². The lowest BCUT2D eigenvalue weighted by atomic mass is 10.2. The molecule has 0 fully saturated rings. The molecule has 0 amide bonds. The molecule has 0 atom stereocenters. The number of aryl methyl sites for hydroxylation is 1. The maximum Gasteiger partial charge on any atom is 0.231 e. The van der Waals surface area contributed by atoms with E-state index in [-0.39, 0.29) is 0 Å². The van der Waals surface area contributed by atoms with Gasteiger partial charge in [0.05, 0.1) is 5.69 Å². The van der Waals surface area contributed by atoms with Gasteiger partial charge in [0, 0.05) is 26.3 Å². The summed E-state index contributed by atoms with van der Waals surface area (Å²) >= 11 is 0. The molecule has 6 heteroatoms. The van der Waals surface area contributed by atoms with Gasteiger partial charge in [-0.05, 0) is 17.7 Å². The number of fused-ring (bicyclic) bond motifs is 1. The first-order valence-electron chi connectivity index (χ1n) is 5.76. The average molecular weight is 246 g/mol. The van der Waals surface area contributed by atoms with Gasteiger partial charge in [0.15, 0.2) is 11.5 Å². The first-order valence-corrected chi connectivity index (χ1v) is 5.76. The highest BCUT2D eigenvalue weighted by molar-refractivity contribution is 5.44. The number of hydrogen-bond acceptors (Lipinski definition) is 5. The highest BCUT2D eigenvalue weighted by Gasteiger charge is 2.12. The molecule has 0 unspecified atom stereocenters. The van der Waals surface area contributed by atoms with Crippen LogP contribution in [0.4, 0.5) is 0 Å². The summed E-state index contributed by atoms with van der Waals surface area (Å²) < 4.78 is 12.3. The van der Waals surface area contributed by atoms with E-state index in [0.29, 0.717) is 13.3 Å². The molecule has 2 heterocycles. The van der Waals surface area contributed by atoms with Crippen LogP contribution >= 0.6 is 0 Å². The maximum absolute atomic E-state index is 5.33. The van der Waals surface area contributed by atoms with Crippen LogP contribution in [-0.2, 0) is 20.1 Å². The van der Waals surface area contributed by atoms with Crippen molar-refractivity contribution >= 4 is 0 Å². The second kappa shape index (κ2) is 4.66. The Kier molecular flexibility index (Phi) is 2.85. The molecule has 1 aromatic heterocycles. The van der Waals surface area contributed by atoms with E-state index in [1.54, 1.807) is 4.68 Å². The maximum atomic E-state index is 5.33. The quantitative estimate of drug-likeness (QED) is 0.866. The van der Waals surface area contributed by atoms with E-state index in [9.17, 15) is 0 Å². The van der Waals surface area contributed by atoms with Crippen molar-refractivity contribution in [3.8, 4) is 11.5 Å². The third-order valence-electron chi connectivity index (χ3n) is 2.72. The van der Waals surface area contributed by atoms with Crippen molar-refractivity contribution in [1.29, 1.82) is 0 Å². The Labute approximate surface area is 105 Å². The lowest BCUT2D eigenvalue weighted by Crippen LogP contribution is -2.12. The summed E-state index contributed by atoms with van der Waals surface area (Å²) in [6.07, 6.45) is 1.90. The van der Waals surface area contributed by atoms with Gasteiger partial charge in [0.25, 0.3) is 0 Å². The summed E-state index contributed by atoms with van der Waals surface area (Å²) in [5.41, 5.74) is 2.08. The molecule has 6 nitrogen and oxygen atoms in total. The number of rotatable bonds is 4. The minimum atomic E-state index is 0.311. The fraction of sp³-hybridized carbons (Fsp3) is 0.333. The van der Waals surface area contributed by atoms with Crippen molar-refractivity contribution in [3.05, 3.63) is 35.7 Å². The van der Waals surface area contributed by atoms with Gasteiger partial charge < -0.3 is 14.8 Å². The largest absolute Gasteiger partial charge is 0.454 e. The third-order valence-corrected chi connectivity index (χ3v) is 2.72. The monoisotopic (exact) mass is 246 g/mol. The van der Waals surface area contributed by atoms with E-state index >= 15 is 0 Å². The molecule has 1 aliphatic rings. The molecule has 0 radical (unpaired) electrons. The molecule has 0 bridgehead atoms. The van der Waals surface area contributed by atoms with Crippen molar-refractivity contribution < 1.29 is 9.47 Å². The molecular weight excluding hydrogens is 232 g/mol. The Morgan fingerprint density at radius 3 is 3.00 bits per heavy atom. The zero-order valence-corrected chi connectivity index (χ0v) is 10.1. The smallest absolute Gasteiger partial charge is 0.231 e. The number of nitrogens with zero attached hydrogens (tertiary/aromatic N) is 3. The van der Waals surface area contributed by atoms with Crippen molar-refractivity contribution in [2.75, 3.05) is 6.79 Å². The molecule has 1 N–H and O–H groups in total. The first kappa shape index (κ1) is 11.0. The van der Waals surface area contributed by atoms with Crippen LogP contribution in [0.25, 0.3) is 0 Å².